The summed E-state index contributed by atoms with van der Waals surface area (Å²) >= 11 is 0. The molecule has 1 unspecified atom stereocenters. The lowest BCUT2D eigenvalue weighted by Crippen LogP contribution is -2.23. The third kappa shape index (κ3) is 5.50. The van der Waals surface area contributed by atoms with Crippen molar-refractivity contribution in [1.29, 1.82) is 0 Å². The molecule has 0 aromatic heterocycles. The van der Waals surface area contributed by atoms with E-state index in [1.165, 1.54) is 19.3 Å². The lowest BCUT2D eigenvalue weighted by Gasteiger charge is -2.13. The minimum Gasteiger partial charge on any atom is -0.409 e. The molecule has 0 fully saturated rings. The second-order valence-electron chi connectivity index (χ2n) is 3.51. The first-order chi connectivity index (χ1) is 6.26. The molecule has 0 aromatic carbocycles. The molecule has 0 amide bonds. The molecule has 0 bridgehead atoms. The molecule has 0 heterocycles. The van der Waals surface area contributed by atoms with E-state index in [9.17, 15) is 0 Å². The van der Waals surface area contributed by atoms with Crippen molar-refractivity contribution in [2.24, 2.45) is 16.8 Å². The predicted molar refractivity (Wildman–Crippen MR) is 55.9 cm³/mol. The first-order valence-corrected chi connectivity index (χ1v) is 5.23. The van der Waals surface area contributed by atoms with Gasteiger partial charge in [-0.1, -0.05) is 44.7 Å². The number of unbranched alkanes of at least 4 members (excludes halogenated alkanes) is 2. The molecule has 0 saturated carbocycles. The Labute approximate surface area is 81.0 Å². The number of oxime groups is 1. The van der Waals surface area contributed by atoms with Crippen LogP contribution < -0.4 is 5.73 Å². The van der Waals surface area contributed by atoms with Gasteiger partial charge in [-0.2, -0.15) is 0 Å². The van der Waals surface area contributed by atoms with E-state index >= 15 is 0 Å². The molecular formula is C10H22N2O. The summed E-state index contributed by atoms with van der Waals surface area (Å²) in [4.78, 5) is 0. The minimum absolute atomic E-state index is 0.279. The van der Waals surface area contributed by atoms with Crippen LogP contribution in [0.3, 0.4) is 0 Å². The molecule has 78 valence electrons. The van der Waals surface area contributed by atoms with E-state index in [0.29, 0.717) is 5.84 Å². The van der Waals surface area contributed by atoms with Gasteiger partial charge in [-0.05, 0) is 12.8 Å². The Kier molecular flexibility index (Phi) is 7.45. The largest absolute Gasteiger partial charge is 0.409 e. The van der Waals surface area contributed by atoms with Crippen LogP contribution in [0.1, 0.15) is 52.4 Å². The lowest BCUT2D eigenvalue weighted by molar-refractivity contribution is 0.311. The Bertz CT molecular complexity index is 146. The Morgan fingerprint density at radius 1 is 1.23 bits per heavy atom. The second-order valence-corrected chi connectivity index (χ2v) is 3.51. The molecule has 0 aliphatic carbocycles. The average molecular weight is 186 g/mol. The van der Waals surface area contributed by atoms with Gasteiger partial charge in [0.2, 0.25) is 0 Å². The first-order valence-electron chi connectivity index (χ1n) is 5.23. The van der Waals surface area contributed by atoms with Crippen molar-refractivity contribution in [2.45, 2.75) is 52.4 Å². The summed E-state index contributed by atoms with van der Waals surface area (Å²) < 4.78 is 0. The fraction of sp³-hybridized carbons (Fsp3) is 0.900. The SMILES string of the molecule is CCCCCC(CCC)/C(N)=N/O. The third-order valence-electron chi connectivity index (χ3n) is 2.33. The molecule has 3 N–H and O–H groups in total. The third-order valence-corrected chi connectivity index (χ3v) is 2.33. The normalized spacial score (nSPS) is 14.5. The van der Waals surface area contributed by atoms with Crippen molar-refractivity contribution in [3.05, 3.63) is 0 Å². The lowest BCUT2D eigenvalue weighted by atomic mass is 9.95. The molecule has 0 radical (unpaired) electrons. The highest BCUT2D eigenvalue weighted by atomic mass is 16.4. The van der Waals surface area contributed by atoms with Gasteiger partial charge in [0, 0.05) is 5.92 Å². The van der Waals surface area contributed by atoms with Crippen LogP contribution in [0.4, 0.5) is 0 Å². The van der Waals surface area contributed by atoms with Crippen LogP contribution >= 0.6 is 0 Å². The summed E-state index contributed by atoms with van der Waals surface area (Å²) in [5, 5.41) is 11.6. The van der Waals surface area contributed by atoms with E-state index in [1.807, 2.05) is 0 Å². The monoisotopic (exact) mass is 186 g/mol. The first kappa shape index (κ1) is 12.3. The predicted octanol–water partition coefficient (Wildman–Crippen LogP) is 2.73. The molecular weight excluding hydrogens is 164 g/mol. The molecule has 0 spiro atoms. The van der Waals surface area contributed by atoms with Gasteiger partial charge in [0.1, 0.15) is 5.84 Å². The Morgan fingerprint density at radius 3 is 2.38 bits per heavy atom. The number of nitrogens with two attached hydrogens (primary N) is 1. The topological polar surface area (TPSA) is 58.6 Å². The van der Waals surface area contributed by atoms with Crippen LogP contribution in [0.15, 0.2) is 5.16 Å². The summed E-state index contributed by atoms with van der Waals surface area (Å²) in [6.07, 6.45) is 6.80. The van der Waals surface area contributed by atoms with Crippen molar-refractivity contribution in [3.8, 4) is 0 Å². The summed E-state index contributed by atoms with van der Waals surface area (Å²) in [6.45, 7) is 4.30. The molecule has 0 rings (SSSR count). The van der Waals surface area contributed by atoms with Crippen LogP contribution in [-0.2, 0) is 0 Å². The molecule has 0 aliphatic heterocycles. The number of amidine groups is 1. The van der Waals surface area contributed by atoms with Gasteiger partial charge in [0.05, 0.1) is 0 Å². The highest BCUT2D eigenvalue weighted by molar-refractivity contribution is 5.82. The standard InChI is InChI=1S/C10H22N2O/c1-3-5-6-8-9(7-4-2)10(11)12-13/h9,13H,3-8H2,1-2H3,(H2,11,12). The zero-order chi connectivity index (χ0) is 10.1. The van der Waals surface area contributed by atoms with Gasteiger partial charge >= 0.3 is 0 Å². The van der Waals surface area contributed by atoms with E-state index in [2.05, 4.69) is 19.0 Å². The van der Waals surface area contributed by atoms with E-state index in [0.717, 1.165) is 19.3 Å². The Balaban J connectivity index is 3.80. The number of hydrogen-bond donors (Lipinski definition) is 2. The molecule has 3 nitrogen and oxygen atoms in total. The zero-order valence-corrected chi connectivity index (χ0v) is 8.79. The Hall–Kier alpha value is -0.730. The van der Waals surface area contributed by atoms with E-state index in [1.54, 1.807) is 0 Å². The van der Waals surface area contributed by atoms with E-state index < -0.39 is 0 Å². The van der Waals surface area contributed by atoms with Gasteiger partial charge in [-0.3, -0.25) is 0 Å². The minimum atomic E-state index is 0.279. The van der Waals surface area contributed by atoms with Crippen molar-refractivity contribution in [1.82, 2.24) is 0 Å². The maximum atomic E-state index is 8.55. The van der Waals surface area contributed by atoms with Crippen LogP contribution in [0, 0.1) is 5.92 Å². The maximum absolute atomic E-state index is 8.55. The highest BCUT2D eigenvalue weighted by Gasteiger charge is 2.11. The second kappa shape index (κ2) is 7.90. The zero-order valence-electron chi connectivity index (χ0n) is 8.79. The fourth-order valence-corrected chi connectivity index (χ4v) is 1.51. The Morgan fingerprint density at radius 2 is 1.92 bits per heavy atom. The van der Waals surface area contributed by atoms with E-state index in [4.69, 9.17) is 10.9 Å². The highest BCUT2D eigenvalue weighted by Crippen LogP contribution is 2.15. The van der Waals surface area contributed by atoms with Crippen molar-refractivity contribution >= 4 is 5.84 Å². The fourth-order valence-electron chi connectivity index (χ4n) is 1.51. The molecule has 0 saturated heterocycles. The molecule has 13 heavy (non-hydrogen) atoms. The quantitative estimate of drug-likeness (QED) is 0.211. The van der Waals surface area contributed by atoms with Gasteiger partial charge in [0.25, 0.3) is 0 Å². The smallest absolute Gasteiger partial charge is 0.142 e. The van der Waals surface area contributed by atoms with Crippen molar-refractivity contribution < 1.29 is 5.21 Å². The molecule has 0 aromatic rings. The van der Waals surface area contributed by atoms with Gasteiger partial charge in [-0.15, -0.1) is 0 Å². The molecule has 1 atom stereocenters. The van der Waals surface area contributed by atoms with Crippen LogP contribution in [0.5, 0.6) is 0 Å². The van der Waals surface area contributed by atoms with Crippen molar-refractivity contribution in [3.63, 3.8) is 0 Å². The molecule has 0 aliphatic rings. The van der Waals surface area contributed by atoms with Crippen LogP contribution in [-0.4, -0.2) is 11.0 Å². The number of rotatable bonds is 7. The summed E-state index contributed by atoms with van der Waals surface area (Å²) in [6, 6.07) is 0. The number of hydrogen-bond acceptors (Lipinski definition) is 2. The van der Waals surface area contributed by atoms with Gasteiger partial charge in [-0.25, -0.2) is 0 Å². The maximum Gasteiger partial charge on any atom is 0.142 e. The van der Waals surface area contributed by atoms with Gasteiger partial charge < -0.3 is 10.9 Å². The average Bonchev–Trinajstić information content (AvgIpc) is 2.16. The van der Waals surface area contributed by atoms with Crippen LogP contribution in [0.2, 0.25) is 0 Å². The summed E-state index contributed by atoms with van der Waals surface area (Å²) in [5.74, 6) is 0.680. The van der Waals surface area contributed by atoms with E-state index in [-0.39, 0.29) is 5.92 Å². The summed E-state index contributed by atoms with van der Waals surface area (Å²) in [5.41, 5.74) is 5.59. The molecule has 3 heteroatoms. The van der Waals surface area contributed by atoms with Crippen LogP contribution in [0.25, 0.3) is 0 Å². The number of nitrogens with zero attached hydrogens (tertiary/aromatic N) is 1. The van der Waals surface area contributed by atoms with Crippen molar-refractivity contribution in [2.75, 3.05) is 0 Å². The van der Waals surface area contributed by atoms with Gasteiger partial charge in [0.15, 0.2) is 0 Å². The summed E-state index contributed by atoms with van der Waals surface area (Å²) in [7, 11) is 0.